The van der Waals surface area contributed by atoms with Gasteiger partial charge in [-0.25, -0.2) is 0 Å². The molecule has 0 atom stereocenters. The van der Waals surface area contributed by atoms with Crippen molar-refractivity contribution in [3.05, 3.63) is 180 Å². The van der Waals surface area contributed by atoms with E-state index in [1.807, 2.05) is 0 Å². The summed E-state index contributed by atoms with van der Waals surface area (Å²) in [5.74, 6) is 1.79. The third kappa shape index (κ3) is 4.73. The van der Waals surface area contributed by atoms with Gasteiger partial charge in [0.25, 0.3) is 0 Å². The lowest BCUT2D eigenvalue weighted by atomic mass is 9.72. The molecule has 49 heavy (non-hydrogen) atoms. The molecule has 3 heteroatoms. The van der Waals surface area contributed by atoms with Crippen LogP contribution in [-0.2, 0) is 5.41 Å². The number of para-hydroxylation sites is 4. The van der Waals surface area contributed by atoms with Crippen molar-refractivity contribution in [3.8, 4) is 33.8 Å². The topological polar surface area (TPSA) is 15.7 Å². The first-order chi connectivity index (χ1) is 24.0. The summed E-state index contributed by atoms with van der Waals surface area (Å²) in [7, 11) is 0. The van der Waals surface area contributed by atoms with Gasteiger partial charge in [0.05, 0.1) is 17.1 Å². The van der Waals surface area contributed by atoms with E-state index in [0.717, 1.165) is 45.5 Å². The molecule has 0 fully saturated rings. The third-order valence-electron chi connectivity index (χ3n) is 10.1. The van der Waals surface area contributed by atoms with Crippen LogP contribution in [0.3, 0.4) is 0 Å². The Balaban J connectivity index is 1.08. The van der Waals surface area contributed by atoms with Crippen LogP contribution in [0.25, 0.3) is 22.3 Å². The lowest BCUT2D eigenvalue weighted by Crippen LogP contribution is -2.32. The van der Waals surface area contributed by atoms with E-state index in [1.54, 1.807) is 0 Å². The predicted octanol–water partition coefficient (Wildman–Crippen LogP) is 13.0. The molecular weight excluding hydrogens is 597 g/mol. The van der Waals surface area contributed by atoms with E-state index < -0.39 is 0 Å². The second kappa shape index (κ2) is 11.3. The van der Waals surface area contributed by atoms with Crippen LogP contribution in [-0.4, -0.2) is 0 Å². The second-order valence-corrected chi connectivity index (χ2v) is 13.5. The smallest absolute Gasteiger partial charge is 0.152 e. The minimum Gasteiger partial charge on any atom is -0.453 e. The monoisotopic (exact) mass is 632 g/mol. The molecule has 7 aromatic carbocycles. The molecule has 0 radical (unpaired) electrons. The van der Waals surface area contributed by atoms with Crippen molar-refractivity contribution < 1.29 is 4.74 Å². The van der Waals surface area contributed by atoms with Gasteiger partial charge in [-0.2, -0.15) is 0 Å². The highest BCUT2D eigenvalue weighted by atomic mass is 16.5. The summed E-state index contributed by atoms with van der Waals surface area (Å²) in [6.45, 7) is 6.83. The average molecular weight is 633 g/mol. The fourth-order valence-corrected chi connectivity index (χ4v) is 7.63. The molecule has 0 amide bonds. The van der Waals surface area contributed by atoms with Crippen molar-refractivity contribution in [2.24, 2.45) is 0 Å². The average Bonchev–Trinajstić information content (AvgIpc) is 3.15. The summed E-state index contributed by atoms with van der Waals surface area (Å²) in [6, 6.07) is 58.6. The van der Waals surface area contributed by atoms with Gasteiger partial charge in [-0.15, -0.1) is 0 Å². The second-order valence-electron chi connectivity index (χ2n) is 13.5. The summed E-state index contributed by atoms with van der Waals surface area (Å²) in [4.78, 5) is 4.71. The van der Waals surface area contributed by atoms with Gasteiger partial charge in [-0.1, -0.05) is 117 Å². The molecule has 0 N–H and O–H groups in total. The number of ether oxygens (including phenoxy) is 1. The number of hydrogen-bond acceptors (Lipinski definition) is 3. The van der Waals surface area contributed by atoms with E-state index in [9.17, 15) is 0 Å². The van der Waals surface area contributed by atoms with Crippen molar-refractivity contribution in [2.75, 3.05) is 9.80 Å². The van der Waals surface area contributed by atoms with Gasteiger partial charge in [0.15, 0.2) is 11.5 Å². The standard InChI is InChI=1S/C46H36N2O/c1-31-13-12-20-42-44(31)48-41-19-11-10-18-39(41)46(2,3)40-29-35(30-43(49-42)45(40)48)34-23-21-32(22-24-34)33-25-27-38(28-26-33)47(36-14-6-4-7-15-36)37-16-8-5-9-17-37/h4-30H,1-3H3. The van der Waals surface area contributed by atoms with Crippen LogP contribution in [0, 0.1) is 6.92 Å². The van der Waals surface area contributed by atoms with Crippen LogP contribution in [0.15, 0.2) is 164 Å². The highest BCUT2D eigenvalue weighted by Crippen LogP contribution is 2.61. The van der Waals surface area contributed by atoms with Crippen LogP contribution in [0.2, 0.25) is 0 Å². The van der Waals surface area contributed by atoms with E-state index in [0.29, 0.717) is 0 Å². The number of fused-ring (bicyclic) bond motifs is 4. The molecule has 0 saturated carbocycles. The Kier molecular flexibility index (Phi) is 6.70. The molecule has 0 aliphatic carbocycles. The van der Waals surface area contributed by atoms with Gasteiger partial charge in [-0.05, 0) is 107 Å². The van der Waals surface area contributed by atoms with Crippen molar-refractivity contribution in [2.45, 2.75) is 26.2 Å². The first kappa shape index (κ1) is 29.1. The Morgan fingerprint density at radius 2 is 1.02 bits per heavy atom. The fourth-order valence-electron chi connectivity index (χ4n) is 7.63. The molecule has 2 aliphatic rings. The minimum atomic E-state index is -0.203. The third-order valence-corrected chi connectivity index (χ3v) is 10.1. The van der Waals surface area contributed by atoms with Crippen LogP contribution >= 0.6 is 0 Å². The molecule has 2 heterocycles. The Hall–Kier alpha value is -6.06. The Labute approximate surface area is 288 Å². The molecule has 0 bridgehead atoms. The Morgan fingerprint density at radius 1 is 0.469 bits per heavy atom. The maximum atomic E-state index is 6.72. The van der Waals surface area contributed by atoms with Crippen molar-refractivity contribution in [1.29, 1.82) is 0 Å². The van der Waals surface area contributed by atoms with E-state index in [-0.39, 0.29) is 5.41 Å². The first-order valence-corrected chi connectivity index (χ1v) is 16.9. The summed E-state index contributed by atoms with van der Waals surface area (Å²) in [6.07, 6.45) is 0. The SMILES string of the molecule is Cc1cccc2c1N1c3ccccc3C(C)(C)c3cc(-c4ccc(-c5ccc(N(c6ccccc6)c6ccccc6)cc5)cc4)cc(c31)O2. The molecule has 2 aliphatic heterocycles. The quantitative estimate of drug-likeness (QED) is 0.188. The zero-order valence-corrected chi connectivity index (χ0v) is 27.9. The van der Waals surface area contributed by atoms with Crippen molar-refractivity contribution in [3.63, 3.8) is 0 Å². The number of aryl methyl sites for hydroxylation is 1. The van der Waals surface area contributed by atoms with E-state index in [1.165, 1.54) is 39.1 Å². The highest BCUT2D eigenvalue weighted by molar-refractivity contribution is 5.95. The number of benzene rings is 7. The molecule has 0 unspecified atom stereocenters. The zero-order chi connectivity index (χ0) is 33.1. The number of rotatable bonds is 5. The molecule has 9 rings (SSSR count). The van der Waals surface area contributed by atoms with Gasteiger partial charge < -0.3 is 14.5 Å². The fraction of sp³-hybridized carbons (Fsp3) is 0.0870. The molecule has 7 aromatic rings. The van der Waals surface area contributed by atoms with E-state index in [4.69, 9.17) is 4.74 Å². The molecule has 3 nitrogen and oxygen atoms in total. The summed E-state index contributed by atoms with van der Waals surface area (Å²) in [5.41, 5.74) is 15.1. The highest BCUT2D eigenvalue weighted by Gasteiger charge is 2.42. The number of nitrogens with zero attached hydrogens (tertiary/aromatic N) is 2. The predicted molar refractivity (Wildman–Crippen MR) is 204 cm³/mol. The van der Waals surface area contributed by atoms with E-state index >= 15 is 0 Å². The summed E-state index contributed by atoms with van der Waals surface area (Å²) in [5, 5.41) is 0. The molecule has 0 spiro atoms. The van der Waals surface area contributed by atoms with Gasteiger partial charge in [-0.3, -0.25) is 0 Å². The normalized spacial score (nSPS) is 13.5. The van der Waals surface area contributed by atoms with Gasteiger partial charge in [0, 0.05) is 22.5 Å². The molecular formula is C46H36N2O. The minimum absolute atomic E-state index is 0.203. The Morgan fingerprint density at radius 3 is 1.67 bits per heavy atom. The maximum absolute atomic E-state index is 6.72. The molecule has 0 aromatic heterocycles. The molecule has 0 saturated heterocycles. The van der Waals surface area contributed by atoms with Gasteiger partial charge in [0.1, 0.15) is 0 Å². The summed E-state index contributed by atoms with van der Waals surface area (Å²) >= 11 is 0. The first-order valence-electron chi connectivity index (χ1n) is 16.9. The number of anilines is 6. The van der Waals surface area contributed by atoms with E-state index in [2.05, 4.69) is 194 Å². The largest absolute Gasteiger partial charge is 0.453 e. The zero-order valence-electron chi connectivity index (χ0n) is 27.9. The van der Waals surface area contributed by atoms with Crippen LogP contribution < -0.4 is 14.5 Å². The van der Waals surface area contributed by atoms with Crippen LogP contribution in [0.4, 0.5) is 34.1 Å². The van der Waals surface area contributed by atoms with Crippen molar-refractivity contribution in [1.82, 2.24) is 0 Å². The summed E-state index contributed by atoms with van der Waals surface area (Å²) < 4.78 is 6.72. The van der Waals surface area contributed by atoms with Gasteiger partial charge in [0.2, 0.25) is 0 Å². The van der Waals surface area contributed by atoms with Crippen LogP contribution in [0.1, 0.15) is 30.5 Å². The lowest BCUT2D eigenvalue weighted by molar-refractivity contribution is 0.471. The van der Waals surface area contributed by atoms with Crippen molar-refractivity contribution >= 4 is 34.1 Å². The number of hydrogen-bond donors (Lipinski definition) is 0. The van der Waals surface area contributed by atoms with Crippen LogP contribution in [0.5, 0.6) is 11.5 Å². The van der Waals surface area contributed by atoms with Gasteiger partial charge >= 0.3 is 0 Å². The molecule has 236 valence electrons. The maximum Gasteiger partial charge on any atom is 0.152 e. The lowest BCUT2D eigenvalue weighted by Gasteiger charge is -2.45. The Bertz CT molecular complexity index is 2290.